The molecule has 0 saturated carbocycles. The number of aryl methyl sites for hydroxylation is 1. The maximum atomic E-state index is 6.13. The summed E-state index contributed by atoms with van der Waals surface area (Å²) in [6, 6.07) is 9.58. The lowest BCUT2D eigenvalue weighted by atomic mass is 9.86. The Balaban J connectivity index is 1.44. The van der Waals surface area contributed by atoms with Gasteiger partial charge in [0.2, 0.25) is 0 Å². The van der Waals surface area contributed by atoms with Crippen LogP contribution in [0.25, 0.3) is 10.7 Å². The molecule has 27 heavy (non-hydrogen) atoms. The van der Waals surface area contributed by atoms with Crippen LogP contribution in [0.4, 0.5) is 5.82 Å². The van der Waals surface area contributed by atoms with Crippen molar-refractivity contribution in [3.8, 4) is 10.7 Å². The third kappa shape index (κ3) is 3.78. The van der Waals surface area contributed by atoms with E-state index in [4.69, 9.17) is 27.9 Å². The standard InChI is InChI=1S/C18H17Cl2N5OS/c1-11-21-17(27-24-11)15-5-6-16(23-22-15)25-9-18(10-25,26-2)8-12-3-4-13(19)14(20)7-12/h3-7H,8-10H2,1-2H3. The van der Waals surface area contributed by atoms with Gasteiger partial charge >= 0.3 is 0 Å². The van der Waals surface area contributed by atoms with Gasteiger partial charge in [0, 0.05) is 13.5 Å². The molecule has 140 valence electrons. The van der Waals surface area contributed by atoms with Crippen molar-refractivity contribution < 1.29 is 4.74 Å². The molecule has 3 aromatic rings. The van der Waals surface area contributed by atoms with Gasteiger partial charge in [-0.3, -0.25) is 0 Å². The third-order valence-electron chi connectivity index (χ3n) is 4.62. The first kappa shape index (κ1) is 18.6. The number of methoxy groups -OCH3 is 1. The first-order valence-corrected chi connectivity index (χ1v) is 9.89. The number of rotatable bonds is 5. The van der Waals surface area contributed by atoms with E-state index >= 15 is 0 Å². The van der Waals surface area contributed by atoms with E-state index in [2.05, 4.69) is 24.5 Å². The number of aromatic nitrogens is 4. The summed E-state index contributed by atoms with van der Waals surface area (Å²) < 4.78 is 9.99. The quantitative estimate of drug-likeness (QED) is 0.618. The number of nitrogens with zero attached hydrogens (tertiary/aromatic N) is 5. The Morgan fingerprint density at radius 1 is 1.15 bits per heavy atom. The van der Waals surface area contributed by atoms with Crippen LogP contribution in [0, 0.1) is 6.92 Å². The minimum Gasteiger partial charge on any atom is -0.374 e. The van der Waals surface area contributed by atoms with E-state index in [1.165, 1.54) is 11.5 Å². The van der Waals surface area contributed by atoms with Gasteiger partial charge in [-0.2, -0.15) is 4.37 Å². The smallest absolute Gasteiger partial charge is 0.164 e. The average Bonchev–Trinajstić information content (AvgIpc) is 3.07. The van der Waals surface area contributed by atoms with Gasteiger partial charge in [-0.05, 0) is 48.3 Å². The fourth-order valence-electron chi connectivity index (χ4n) is 3.16. The van der Waals surface area contributed by atoms with Crippen LogP contribution in [-0.4, -0.2) is 45.4 Å². The molecule has 0 spiro atoms. The highest BCUT2D eigenvalue weighted by molar-refractivity contribution is 7.09. The summed E-state index contributed by atoms with van der Waals surface area (Å²) in [5.74, 6) is 1.57. The molecule has 1 aromatic carbocycles. The van der Waals surface area contributed by atoms with Crippen LogP contribution in [0.2, 0.25) is 10.0 Å². The monoisotopic (exact) mass is 421 g/mol. The van der Waals surface area contributed by atoms with Crippen LogP contribution in [-0.2, 0) is 11.2 Å². The molecule has 0 atom stereocenters. The first-order chi connectivity index (χ1) is 13.0. The van der Waals surface area contributed by atoms with E-state index in [1.54, 1.807) is 7.11 Å². The molecule has 2 aromatic heterocycles. The molecule has 3 heterocycles. The van der Waals surface area contributed by atoms with Crippen molar-refractivity contribution in [2.45, 2.75) is 18.9 Å². The number of anilines is 1. The topological polar surface area (TPSA) is 64.0 Å². The average molecular weight is 422 g/mol. The fourth-order valence-corrected chi connectivity index (χ4v) is 4.11. The summed E-state index contributed by atoms with van der Waals surface area (Å²) in [5.41, 5.74) is 1.56. The Kier molecular flexibility index (Phi) is 5.03. The summed E-state index contributed by atoms with van der Waals surface area (Å²) in [5, 5.41) is 10.5. The number of hydrogen-bond acceptors (Lipinski definition) is 7. The van der Waals surface area contributed by atoms with Crippen molar-refractivity contribution >= 4 is 40.6 Å². The number of ether oxygens (including phenoxy) is 1. The minimum absolute atomic E-state index is 0.270. The SMILES string of the molecule is COC1(Cc2ccc(Cl)c(Cl)c2)CN(c2ccc(-c3nc(C)ns3)nn2)C1. The second-order valence-electron chi connectivity index (χ2n) is 6.59. The molecule has 0 bridgehead atoms. The Bertz CT molecular complexity index is 957. The first-order valence-electron chi connectivity index (χ1n) is 8.36. The van der Waals surface area contributed by atoms with Gasteiger partial charge in [-0.15, -0.1) is 10.2 Å². The zero-order valence-corrected chi connectivity index (χ0v) is 17.1. The lowest BCUT2D eigenvalue weighted by Gasteiger charge is -2.49. The maximum absolute atomic E-state index is 6.13. The summed E-state index contributed by atoms with van der Waals surface area (Å²) in [7, 11) is 1.74. The molecule has 0 N–H and O–H groups in total. The van der Waals surface area contributed by atoms with Crippen molar-refractivity contribution in [2.24, 2.45) is 0 Å². The summed E-state index contributed by atoms with van der Waals surface area (Å²) >= 11 is 13.5. The van der Waals surface area contributed by atoms with Crippen molar-refractivity contribution in [1.82, 2.24) is 19.6 Å². The Morgan fingerprint density at radius 3 is 2.56 bits per heavy atom. The fraction of sp³-hybridized carbons (Fsp3) is 0.333. The number of hydrogen-bond donors (Lipinski definition) is 0. The van der Waals surface area contributed by atoms with Crippen LogP contribution in [0.1, 0.15) is 11.4 Å². The predicted molar refractivity (Wildman–Crippen MR) is 108 cm³/mol. The Hall–Kier alpha value is -1.80. The predicted octanol–water partition coefficient (Wildman–Crippen LogP) is 4.06. The van der Waals surface area contributed by atoms with Gasteiger partial charge < -0.3 is 9.64 Å². The van der Waals surface area contributed by atoms with Gasteiger partial charge in [-0.1, -0.05) is 29.3 Å². The van der Waals surface area contributed by atoms with Crippen molar-refractivity contribution in [3.05, 3.63) is 51.8 Å². The third-order valence-corrected chi connectivity index (χ3v) is 6.19. The van der Waals surface area contributed by atoms with E-state index in [-0.39, 0.29) is 5.60 Å². The van der Waals surface area contributed by atoms with Gasteiger partial charge in [0.1, 0.15) is 17.1 Å². The molecular weight excluding hydrogens is 405 g/mol. The zero-order valence-electron chi connectivity index (χ0n) is 14.8. The van der Waals surface area contributed by atoms with Gasteiger partial charge in [0.15, 0.2) is 10.8 Å². The summed E-state index contributed by atoms with van der Waals surface area (Å²) in [6.07, 6.45) is 0.756. The van der Waals surface area contributed by atoms with Crippen molar-refractivity contribution in [3.63, 3.8) is 0 Å². The van der Waals surface area contributed by atoms with E-state index in [1.807, 2.05) is 37.3 Å². The van der Waals surface area contributed by atoms with E-state index in [9.17, 15) is 0 Å². The van der Waals surface area contributed by atoms with E-state index in [0.717, 1.165) is 47.4 Å². The molecule has 4 rings (SSSR count). The largest absolute Gasteiger partial charge is 0.374 e. The lowest BCUT2D eigenvalue weighted by molar-refractivity contribution is -0.0328. The van der Waals surface area contributed by atoms with Crippen molar-refractivity contribution in [2.75, 3.05) is 25.1 Å². The second-order valence-corrected chi connectivity index (χ2v) is 8.16. The van der Waals surface area contributed by atoms with E-state index in [0.29, 0.717) is 10.0 Å². The summed E-state index contributed by atoms with van der Waals surface area (Å²) in [4.78, 5) is 6.48. The van der Waals surface area contributed by atoms with E-state index < -0.39 is 0 Å². The van der Waals surface area contributed by atoms with Gasteiger partial charge in [-0.25, -0.2) is 4.98 Å². The molecule has 1 saturated heterocycles. The molecular formula is C18H17Cl2N5OS. The van der Waals surface area contributed by atoms with Crippen LogP contribution >= 0.6 is 34.7 Å². The van der Waals surface area contributed by atoms with Crippen LogP contribution in [0.3, 0.4) is 0 Å². The van der Waals surface area contributed by atoms with Crippen LogP contribution in [0.15, 0.2) is 30.3 Å². The molecule has 9 heteroatoms. The molecule has 6 nitrogen and oxygen atoms in total. The Morgan fingerprint density at radius 2 is 1.96 bits per heavy atom. The van der Waals surface area contributed by atoms with Gasteiger partial charge in [0.25, 0.3) is 0 Å². The molecule has 1 fully saturated rings. The number of halogens is 2. The van der Waals surface area contributed by atoms with Crippen molar-refractivity contribution in [1.29, 1.82) is 0 Å². The molecule has 0 aliphatic carbocycles. The molecule has 0 unspecified atom stereocenters. The second kappa shape index (κ2) is 7.31. The highest BCUT2D eigenvalue weighted by Gasteiger charge is 2.44. The minimum atomic E-state index is -0.270. The van der Waals surface area contributed by atoms with Crippen LogP contribution in [0.5, 0.6) is 0 Å². The zero-order chi connectivity index (χ0) is 19.0. The van der Waals surface area contributed by atoms with Gasteiger partial charge in [0.05, 0.1) is 23.1 Å². The maximum Gasteiger partial charge on any atom is 0.164 e. The molecule has 1 aliphatic heterocycles. The Labute approximate surface area is 171 Å². The molecule has 1 aliphatic rings. The molecule has 0 radical (unpaired) electrons. The highest BCUT2D eigenvalue weighted by Crippen LogP contribution is 2.33. The number of benzene rings is 1. The van der Waals surface area contributed by atoms with Crippen LogP contribution < -0.4 is 4.90 Å². The summed E-state index contributed by atoms with van der Waals surface area (Å²) in [6.45, 7) is 3.32. The normalized spacial score (nSPS) is 15.6. The highest BCUT2D eigenvalue weighted by atomic mass is 35.5. The lowest BCUT2D eigenvalue weighted by Crippen LogP contribution is -2.64. The molecule has 0 amide bonds.